The van der Waals surface area contributed by atoms with Crippen LogP contribution in [0.15, 0.2) is 30.5 Å². The van der Waals surface area contributed by atoms with Crippen LogP contribution in [0.2, 0.25) is 0 Å². The van der Waals surface area contributed by atoms with Crippen molar-refractivity contribution in [2.45, 2.75) is 57.3 Å². The number of amides is 3. The van der Waals surface area contributed by atoms with Gasteiger partial charge in [0.25, 0.3) is 0 Å². The normalized spacial score (nSPS) is 20.7. The van der Waals surface area contributed by atoms with Crippen molar-refractivity contribution in [1.82, 2.24) is 30.1 Å². The summed E-state index contributed by atoms with van der Waals surface area (Å²) in [6.45, 7) is 1.71. The van der Waals surface area contributed by atoms with Crippen LogP contribution in [-0.4, -0.2) is 74.4 Å². The molecule has 2 atom stereocenters. The van der Waals surface area contributed by atoms with Crippen LogP contribution in [0.3, 0.4) is 0 Å². The highest BCUT2D eigenvalue weighted by molar-refractivity contribution is 5.76. The minimum absolute atomic E-state index is 0.00355. The largest absolute Gasteiger partial charge is 0.573 e. The zero-order valence-electron chi connectivity index (χ0n) is 18.3. The third kappa shape index (κ3) is 5.94. The van der Waals surface area contributed by atoms with E-state index < -0.39 is 24.3 Å². The van der Waals surface area contributed by atoms with Gasteiger partial charge in [-0.1, -0.05) is 11.3 Å². The number of nitrogens with one attached hydrogen (secondary N) is 1. The van der Waals surface area contributed by atoms with Gasteiger partial charge >= 0.3 is 12.4 Å². The molecular weight excluding hydrogens is 460 g/mol. The number of nitrogens with zero attached hydrogens (tertiary/aromatic N) is 5. The second-order valence-corrected chi connectivity index (χ2v) is 8.41. The molecule has 3 amide bonds. The molecule has 2 heterocycles. The Morgan fingerprint density at radius 3 is 2.68 bits per heavy atom. The van der Waals surface area contributed by atoms with Crippen LogP contribution in [0.25, 0.3) is 5.69 Å². The quantitative estimate of drug-likeness (QED) is 0.637. The number of carbonyl (C=O) groups is 2. The van der Waals surface area contributed by atoms with Gasteiger partial charge in [0.2, 0.25) is 5.91 Å². The monoisotopic (exact) mass is 484 g/mol. The van der Waals surface area contributed by atoms with Gasteiger partial charge in [-0.3, -0.25) is 4.79 Å². The van der Waals surface area contributed by atoms with Crippen LogP contribution in [0.5, 0.6) is 5.75 Å². The van der Waals surface area contributed by atoms with Crippen LogP contribution in [0.1, 0.15) is 31.9 Å². The molecule has 2 fully saturated rings. The maximum Gasteiger partial charge on any atom is 0.573 e. The third-order valence-electron chi connectivity index (χ3n) is 5.67. The molecule has 9 nitrogen and oxygen atoms in total. The van der Waals surface area contributed by atoms with E-state index in [4.69, 9.17) is 0 Å². The Balaban J connectivity index is 1.39. The van der Waals surface area contributed by atoms with E-state index in [1.54, 1.807) is 4.90 Å². The Labute approximate surface area is 192 Å². The topological polar surface area (TPSA) is 92.6 Å². The van der Waals surface area contributed by atoms with Crippen LogP contribution in [-0.2, 0) is 11.3 Å². The summed E-state index contributed by atoms with van der Waals surface area (Å²) in [6.07, 6.45) is -2.74. The molecule has 1 saturated heterocycles. The molecule has 34 heavy (non-hydrogen) atoms. The van der Waals surface area contributed by atoms with E-state index in [-0.39, 0.29) is 44.0 Å². The second kappa shape index (κ2) is 9.47. The first kappa shape index (κ1) is 23.8. The van der Waals surface area contributed by atoms with Gasteiger partial charge in [0.1, 0.15) is 17.6 Å². The molecule has 2 aromatic rings. The number of urea groups is 1. The van der Waals surface area contributed by atoms with Gasteiger partial charge in [0.15, 0.2) is 0 Å². The van der Waals surface area contributed by atoms with E-state index in [9.17, 15) is 27.2 Å². The zero-order chi connectivity index (χ0) is 24.5. The predicted octanol–water partition coefficient (Wildman–Crippen LogP) is 2.80. The number of benzene rings is 1. The molecule has 1 aliphatic heterocycles. The molecule has 13 heteroatoms. The van der Waals surface area contributed by atoms with E-state index in [0.717, 1.165) is 18.9 Å². The number of rotatable bonds is 6. The number of ether oxygens (including phenoxy) is 1. The Bertz CT molecular complexity index is 1040. The number of aromatic nitrogens is 3. The number of likely N-dealkylation sites (tertiary alicyclic amines) is 1. The van der Waals surface area contributed by atoms with Gasteiger partial charge in [0, 0.05) is 32.0 Å². The van der Waals surface area contributed by atoms with Gasteiger partial charge in [-0.25, -0.2) is 13.9 Å². The Kier molecular flexibility index (Phi) is 6.62. The summed E-state index contributed by atoms with van der Waals surface area (Å²) < 4.78 is 56.8. The number of halogens is 4. The van der Waals surface area contributed by atoms with E-state index in [1.807, 2.05) is 0 Å². The zero-order valence-corrected chi connectivity index (χ0v) is 18.3. The SMILES string of the molecule is CC(=O)N1C[C@@H](F)C[C@H](N(C(=O)NCc2cn(-c3cccc(OC(F)(F)F)c3)nn2)C2CC2)C1. The first-order valence-corrected chi connectivity index (χ1v) is 10.8. The standard InChI is InChI=1S/C21H24F4N6O3/c1-13(32)29-10-14(22)7-18(12-29)31(16-5-6-16)20(33)26-9-15-11-30(28-27-15)17-3-2-4-19(8-17)34-21(23,24)25/h2-4,8,11,14,16,18H,5-7,9-10,12H2,1H3,(H,26,33)/t14-,18-/m0/s1. The number of piperidine rings is 1. The fourth-order valence-corrected chi connectivity index (χ4v) is 4.04. The maximum atomic E-state index is 14.2. The molecule has 2 aliphatic rings. The van der Waals surface area contributed by atoms with Crippen LogP contribution < -0.4 is 10.1 Å². The van der Waals surface area contributed by atoms with Crippen molar-refractivity contribution in [2.24, 2.45) is 0 Å². The third-order valence-corrected chi connectivity index (χ3v) is 5.67. The lowest BCUT2D eigenvalue weighted by atomic mass is 10.0. The highest BCUT2D eigenvalue weighted by atomic mass is 19.4. The molecule has 0 unspecified atom stereocenters. The molecule has 1 aliphatic carbocycles. The Morgan fingerprint density at radius 2 is 2.00 bits per heavy atom. The number of alkyl halides is 4. The Morgan fingerprint density at radius 1 is 1.24 bits per heavy atom. The van der Waals surface area contributed by atoms with E-state index in [1.165, 1.54) is 40.9 Å². The van der Waals surface area contributed by atoms with Crippen molar-refractivity contribution in [2.75, 3.05) is 13.1 Å². The molecule has 0 bridgehead atoms. The minimum Gasteiger partial charge on any atom is -0.406 e. The van der Waals surface area contributed by atoms with Gasteiger partial charge in [0.05, 0.1) is 31.0 Å². The molecule has 1 aromatic carbocycles. The molecule has 1 saturated carbocycles. The summed E-state index contributed by atoms with van der Waals surface area (Å²) in [4.78, 5) is 27.7. The summed E-state index contributed by atoms with van der Waals surface area (Å²) in [5.41, 5.74) is 0.676. The van der Waals surface area contributed by atoms with Gasteiger partial charge in [-0.15, -0.1) is 18.3 Å². The predicted molar refractivity (Wildman–Crippen MR) is 111 cm³/mol. The molecule has 0 spiro atoms. The lowest BCUT2D eigenvalue weighted by molar-refractivity contribution is -0.274. The van der Waals surface area contributed by atoms with Crippen molar-refractivity contribution in [3.63, 3.8) is 0 Å². The van der Waals surface area contributed by atoms with Crippen LogP contribution in [0, 0.1) is 0 Å². The molecule has 4 rings (SSSR count). The molecule has 1 N–H and O–H groups in total. The molecular formula is C21H24F4N6O3. The van der Waals surface area contributed by atoms with Crippen molar-refractivity contribution in [3.8, 4) is 11.4 Å². The van der Waals surface area contributed by atoms with Crippen molar-refractivity contribution < 1.29 is 31.9 Å². The average molecular weight is 484 g/mol. The average Bonchev–Trinajstić information content (AvgIpc) is 3.46. The second-order valence-electron chi connectivity index (χ2n) is 8.41. The van der Waals surface area contributed by atoms with Gasteiger partial charge < -0.3 is 19.9 Å². The smallest absolute Gasteiger partial charge is 0.406 e. The summed E-state index contributed by atoms with van der Waals surface area (Å²) in [5, 5.41) is 10.6. The molecule has 0 radical (unpaired) electrons. The van der Waals surface area contributed by atoms with E-state index in [0.29, 0.717) is 11.4 Å². The first-order valence-electron chi connectivity index (χ1n) is 10.8. The van der Waals surface area contributed by atoms with Gasteiger partial charge in [-0.2, -0.15) is 0 Å². The van der Waals surface area contributed by atoms with Crippen LogP contribution in [0.4, 0.5) is 22.4 Å². The fourth-order valence-electron chi connectivity index (χ4n) is 4.04. The fraction of sp³-hybridized carbons (Fsp3) is 0.524. The summed E-state index contributed by atoms with van der Waals surface area (Å²) in [6, 6.07) is 4.44. The van der Waals surface area contributed by atoms with E-state index in [2.05, 4.69) is 20.4 Å². The highest BCUT2D eigenvalue weighted by Gasteiger charge is 2.41. The Hall–Kier alpha value is -3.38. The van der Waals surface area contributed by atoms with Gasteiger partial charge in [-0.05, 0) is 25.0 Å². The summed E-state index contributed by atoms with van der Waals surface area (Å²) in [7, 11) is 0. The lowest BCUT2D eigenvalue weighted by Crippen LogP contribution is -2.57. The van der Waals surface area contributed by atoms with Crippen molar-refractivity contribution >= 4 is 11.9 Å². The van der Waals surface area contributed by atoms with E-state index >= 15 is 0 Å². The number of hydrogen-bond donors (Lipinski definition) is 1. The highest BCUT2D eigenvalue weighted by Crippen LogP contribution is 2.32. The maximum absolute atomic E-state index is 14.2. The minimum atomic E-state index is -4.81. The van der Waals surface area contributed by atoms with Crippen molar-refractivity contribution in [1.29, 1.82) is 0 Å². The molecule has 184 valence electrons. The number of hydrogen-bond acceptors (Lipinski definition) is 5. The van der Waals surface area contributed by atoms with Crippen molar-refractivity contribution in [3.05, 3.63) is 36.2 Å². The number of carbonyl (C=O) groups excluding carboxylic acids is 2. The summed E-state index contributed by atoms with van der Waals surface area (Å²) in [5.74, 6) is -0.626. The first-order chi connectivity index (χ1) is 16.1. The summed E-state index contributed by atoms with van der Waals surface area (Å²) >= 11 is 0. The molecule has 1 aromatic heterocycles. The van der Waals surface area contributed by atoms with Crippen LogP contribution >= 0.6 is 0 Å². The lowest BCUT2D eigenvalue weighted by Gasteiger charge is -2.40.